The SMILES string of the molecule is Cc1ccc(-c2nnc(SCC(=O)Nc3ccc(C[NH+]4CCCC4)cc3)o2)cc1. The van der Waals surface area contributed by atoms with Crippen LogP contribution in [0.15, 0.2) is 58.2 Å². The topological polar surface area (TPSA) is 72.5 Å². The fourth-order valence-electron chi connectivity index (χ4n) is 3.45. The molecule has 0 radical (unpaired) electrons. The van der Waals surface area contributed by atoms with Crippen molar-refractivity contribution in [3.8, 4) is 11.5 Å². The third-order valence-corrected chi connectivity index (χ3v) is 5.85. The Morgan fingerprint density at radius 3 is 2.52 bits per heavy atom. The number of hydrogen-bond acceptors (Lipinski definition) is 5. The first-order chi connectivity index (χ1) is 14.2. The Morgan fingerprint density at radius 2 is 1.79 bits per heavy atom. The Balaban J connectivity index is 1.26. The molecule has 0 bridgehead atoms. The van der Waals surface area contributed by atoms with E-state index in [1.807, 2.05) is 43.3 Å². The molecule has 6 nitrogen and oxygen atoms in total. The lowest BCUT2D eigenvalue weighted by molar-refractivity contribution is -0.901. The predicted molar refractivity (Wildman–Crippen MR) is 114 cm³/mol. The minimum absolute atomic E-state index is 0.0944. The molecule has 1 amide bonds. The fraction of sp³-hybridized carbons (Fsp3) is 0.318. The molecular weight excluding hydrogens is 384 g/mol. The van der Waals surface area contributed by atoms with E-state index >= 15 is 0 Å². The highest BCUT2D eigenvalue weighted by atomic mass is 32.2. The first-order valence-electron chi connectivity index (χ1n) is 9.91. The van der Waals surface area contributed by atoms with Crippen LogP contribution in [0.3, 0.4) is 0 Å². The number of benzene rings is 2. The lowest BCUT2D eigenvalue weighted by Gasteiger charge is -2.12. The quantitative estimate of drug-likeness (QED) is 0.587. The number of aryl methyl sites for hydroxylation is 1. The summed E-state index contributed by atoms with van der Waals surface area (Å²) in [7, 11) is 0. The molecule has 1 aliphatic heterocycles. The maximum atomic E-state index is 12.2. The number of amides is 1. The maximum Gasteiger partial charge on any atom is 0.277 e. The minimum Gasteiger partial charge on any atom is -0.411 e. The molecule has 1 saturated heterocycles. The average molecular weight is 410 g/mol. The number of hydrogen-bond donors (Lipinski definition) is 2. The number of aromatic nitrogens is 2. The van der Waals surface area contributed by atoms with E-state index in [0.717, 1.165) is 17.8 Å². The van der Waals surface area contributed by atoms with E-state index in [-0.39, 0.29) is 11.7 Å². The maximum absolute atomic E-state index is 12.2. The van der Waals surface area contributed by atoms with Gasteiger partial charge in [0.15, 0.2) is 0 Å². The van der Waals surface area contributed by atoms with E-state index in [2.05, 4.69) is 27.6 Å². The zero-order valence-electron chi connectivity index (χ0n) is 16.5. The molecule has 3 aromatic rings. The summed E-state index contributed by atoms with van der Waals surface area (Å²) in [5, 5.41) is 11.4. The molecule has 0 unspecified atom stereocenters. The van der Waals surface area contributed by atoms with Crippen molar-refractivity contribution < 1.29 is 14.1 Å². The molecule has 0 atom stereocenters. The number of quaternary nitrogens is 1. The summed E-state index contributed by atoms with van der Waals surface area (Å²) in [4.78, 5) is 13.9. The monoisotopic (exact) mass is 409 g/mol. The fourth-order valence-corrected chi connectivity index (χ4v) is 4.01. The van der Waals surface area contributed by atoms with Gasteiger partial charge in [-0.1, -0.05) is 41.6 Å². The molecule has 0 spiro atoms. The number of anilines is 1. The van der Waals surface area contributed by atoms with Crippen LogP contribution in [0.1, 0.15) is 24.0 Å². The van der Waals surface area contributed by atoms with Crippen LogP contribution in [-0.2, 0) is 11.3 Å². The number of likely N-dealkylation sites (tertiary alicyclic amines) is 1. The van der Waals surface area contributed by atoms with Gasteiger partial charge in [0.2, 0.25) is 11.8 Å². The van der Waals surface area contributed by atoms with Gasteiger partial charge in [-0.3, -0.25) is 4.79 Å². The Hall–Kier alpha value is -2.64. The number of nitrogens with one attached hydrogen (secondary N) is 2. The van der Waals surface area contributed by atoms with Crippen LogP contribution in [0.4, 0.5) is 5.69 Å². The van der Waals surface area contributed by atoms with Gasteiger partial charge in [0.05, 0.1) is 18.8 Å². The summed E-state index contributed by atoms with van der Waals surface area (Å²) >= 11 is 1.24. The van der Waals surface area contributed by atoms with E-state index in [0.29, 0.717) is 11.1 Å². The Morgan fingerprint density at radius 1 is 1.07 bits per heavy atom. The van der Waals surface area contributed by atoms with Gasteiger partial charge in [0.1, 0.15) is 6.54 Å². The summed E-state index contributed by atoms with van der Waals surface area (Å²) in [5.74, 6) is 0.585. The van der Waals surface area contributed by atoms with Crippen LogP contribution in [-0.4, -0.2) is 34.9 Å². The molecule has 1 fully saturated rings. The van der Waals surface area contributed by atoms with Crippen LogP contribution in [0, 0.1) is 6.92 Å². The van der Waals surface area contributed by atoms with Crippen molar-refractivity contribution in [1.82, 2.24) is 10.2 Å². The van der Waals surface area contributed by atoms with Crippen molar-refractivity contribution in [2.24, 2.45) is 0 Å². The van der Waals surface area contributed by atoms with Gasteiger partial charge < -0.3 is 14.6 Å². The molecule has 0 aliphatic carbocycles. The molecule has 150 valence electrons. The van der Waals surface area contributed by atoms with Crippen molar-refractivity contribution in [3.63, 3.8) is 0 Å². The van der Waals surface area contributed by atoms with Crippen LogP contribution in [0.2, 0.25) is 0 Å². The second-order valence-electron chi connectivity index (χ2n) is 7.41. The van der Waals surface area contributed by atoms with E-state index < -0.39 is 0 Å². The zero-order valence-corrected chi connectivity index (χ0v) is 17.3. The molecule has 7 heteroatoms. The smallest absolute Gasteiger partial charge is 0.277 e. The van der Waals surface area contributed by atoms with Crippen molar-refractivity contribution in [3.05, 3.63) is 59.7 Å². The average Bonchev–Trinajstić information content (AvgIpc) is 3.41. The molecule has 29 heavy (non-hydrogen) atoms. The van der Waals surface area contributed by atoms with Crippen LogP contribution < -0.4 is 10.2 Å². The number of carbonyl (C=O) groups is 1. The highest BCUT2D eigenvalue weighted by Crippen LogP contribution is 2.23. The molecule has 2 N–H and O–H groups in total. The van der Waals surface area contributed by atoms with Crippen molar-refractivity contribution in [2.75, 3.05) is 24.2 Å². The first-order valence-corrected chi connectivity index (χ1v) is 10.9. The van der Waals surface area contributed by atoms with Gasteiger partial charge >= 0.3 is 0 Å². The lowest BCUT2D eigenvalue weighted by Crippen LogP contribution is -3.08. The van der Waals surface area contributed by atoms with Gasteiger partial charge in [-0.2, -0.15) is 0 Å². The largest absolute Gasteiger partial charge is 0.411 e. The third kappa shape index (κ3) is 5.46. The molecule has 2 aromatic carbocycles. The van der Waals surface area contributed by atoms with E-state index in [9.17, 15) is 4.79 Å². The van der Waals surface area contributed by atoms with Gasteiger partial charge in [-0.05, 0) is 31.2 Å². The summed E-state index contributed by atoms with van der Waals surface area (Å²) in [6.45, 7) is 5.61. The van der Waals surface area contributed by atoms with Gasteiger partial charge in [-0.15, -0.1) is 10.2 Å². The highest BCUT2D eigenvalue weighted by molar-refractivity contribution is 7.99. The second-order valence-corrected chi connectivity index (χ2v) is 8.33. The first kappa shape index (κ1) is 19.7. The van der Waals surface area contributed by atoms with Gasteiger partial charge in [-0.25, -0.2) is 0 Å². The lowest BCUT2D eigenvalue weighted by atomic mass is 10.1. The van der Waals surface area contributed by atoms with Crippen LogP contribution in [0.25, 0.3) is 11.5 Å². The van der Waals surface area contributed by atoms with Gasteiger partial charge in [0, 0.05) is 29.7 Å². The molecule has 1 aliphatic rings. The summed E-state index contributed by atoms with van der Waals surface area (Å²) in [6, 6.07) is 16.0. The number of thioether (sulfide) groups is 1. The Labute approximate surface area is 174 Å². The molecule has 0 saturated carbocycles. The summed E-state index contributed by atoms with van der Waals surface area (Å²) < 4.78 is 5.65. The Bertz CT molecular complexity index is 948. The van der Waals surface area contributed by atoms with E-state index in [1.54, 1.807) is 4.90 Å². The molecule has 1 aromatic heterocycles. The van der Waals surface area contributed by atoms with Crippen molar-refractivity contribution in [1.29, 1.82) is 0 Å². The minimum atomic E-state index is -0.0944. The number of rotatable bonds is 7. The zero-order chi connectivity index (χ0) is 20.1. The predicted octanol–water partition coefficient (Wildman–Crippen LogP) is 2.95. The van der Waals surface area contributed by atoms with Crippen molar-refractivity contribution >= 4 is 23.4 Å². The Kier molecular flexibility index (Phi) is 6.27. The molecule has 4 rings (SSSR count). The number of nitrogens with zero attached hydrogens (tertiary/aromatic N) is 2. The van der Waals surface area contributed by atoms with Crippen LogP contribution in [0.5, 0.6) is 0 Å². The summed E-state index contributed by atoms with van der Waals surface area (Å²) in [6.07, 6.45) is 2.65. The third-order valence-electron chi connectivity index (χ3n) is 5.03. The van der Waals surface area contributed by atoms with E-state index in [1.165, 1.54) is 48.8 Å². The molecular formula is C22H25N4O2S+. The molecule has 2 heterocycles. The second kappa shape index (κ2) is 9.24. The number of carbonyl (C=O) groups excluding carboxylic acids is 1. The summed E-state index contributed by atoms with van der Waals surface area (Å²) in [5.41, 5.74) is 4.16. The van der Waals surface area contributed by atoms with Crippen LogP contribution >= 0.6 is 11.8 Å². The normalized spacial score (nSPS) is 14.2. The highest BCUT2D eigenvalue weighted by Gasteiger charge is 2.15. The standard InChI is InChI=1S/C22H24N4O2S/c1-16-4-8-18(9-5-16)21-24-25-22(28-21)29-15-20(27)23-19-10-6-17(7-11-19)14-26-12-2-3-13-26/h4-11H,2-3,12-15H2,1H3,(H,23,27)/p+1. The van der Waals surface area contributed by atoms with Gasteiger partial charge in [0.25, 0.3) is 5.22 Å². The van der Waals surface area contributed by atoms with Crippen molar-refractivity contribution in [2.45, 2.75) is 31.5 Å². The van der Waals surface area contributed by atoms with E-state index in [4.69, 9.17) is 4.42 Å².